The number of carbonyl (C=O) groups excluding carboxylic acids is 5. The lowest BCUT2D eigenvalue weighted by Gasteiger charge is -2.26. The van der Waals surface area contributed by atoms with Gasteiger partial charge in [0, 0.05) is 117 Å². The molecule has 0 aromatic carbocycles. The third kappa shape index (κ3) is 64.6. The zero-order valence-corrected chi connectivity index (χ0v) is 56.3. The largest absolute Gasteiger partial charge is 0.396 e. The first-order valence-corrected chi connectivity index (χ1v) is 33.1. The van der Waals surface area contributed by atoms with Crippen molar-refractivity contribution < 1.29 is 61.6 Å². The Morgan fingerprint density at radius 3 is 1.35 bits per heavy atom. The Morgan fingerprint density at radius 1 is 0.529 bits per heavy atom. The fourth-order valence-electron chi connectivity index (χ4n) is 8.16. The van der Waals surface area contributed by atoms with Crippen molar-refractivity contribution in [2.24, 2.45) is 0 Å². The maximum absolute atomic E-state index is 11.8. The molecule has 0 aliphatic carbocycles. The number of aliphatic hydroxyl groups excluding tert-OH is 1. The van der Waals surface area contributed by atoms with Gasteiger partial charge in [0.25, 0.3) is 0 Å². The van der Waals surface area contributed by atoms with Gasteiger partial charge in [-0.1, -0.05) is 64.2 Å². The summed E-state index contributed by atoms with van der Waals surface area (Å²) in [5, 5.41) is 11.3. The van der Waals surface area contributed by atoms with Crippen molar-refractivity contribution >= 4 is 29.5 Å². The van der Waals surface area contributed by atoms with Gasteiger partial charge in [-0.2, -0.15) is 0 Å². The number of aliphatic hydroxyl groups is 1. The third-order valence-corrected chi connectivity index (χ3v) is 12.9. The average Bonchev–Trinajstić information content (AvgIpc) is 4.20. The predicted molar refractivity (Wildman–Crippen MR) is 350 cm³/mol. The van der Waals surface area contributed by atoms with Gasteiger partial charge < -0.3 is 58.4 Å². The molecule has 3 fully saturated rings. The summed E-state index contributed by atoms with van der Waals surface area (Å²) < 4.78 is 53.0. The molecule has 0 bridgehead atoms. The number of allylic oxidation sites excluding steroid dienone is 3. The molecule has 0 radical (unpaired) electrons. The summed E-state index contributed by atoms with van der Waals surface area (Å²) in [6, 6.07) is 0. The molecule has 0 unspecified atom stereocenters. The molecular formula is C68H131N5O12. The normalized spacial score (nSPS) is 14.8. The number of nitrogens with one attached hydrogen (secondary N) is 1. The van der Waals surface area contributed by atoms with Crippen molar-refractivity contribution in [2.75, 3.05) is 120 Å². The Bertz CT molecular complexity index is 1720. The molecule has 17 nitrogen and oxygen atoms in total. The first-order valence-electron chi connectivity index (χ1n) is 34.6. The van der Waals surface area contributed by atoms with E-state index in [9.17, 15) is 24.0 Å². The van der Waals surface area contributed by atoms with Crippen molar-refractivity contribution in [3.8, 4) is 0 Å². The van der Waals surface area contributed by atoms with E-state index in [4.69, 9.17) is 37.6 Å². The number of nitrogens with zero attached hydrogens (tertiary/aromatic N) is 4. The van der Waals surface area contributed by atoms with Gasteiger partial charge >= 0.3 is 0 Å². The molecule has 3 aliphatic rings. The highest BCUT2D eigenvalue weighted by molar-refractivity contribution is 5.88. The van der Waals surface area contributed by atoms with Gasteiger partial charge in [-0.05, 0) is 189 Å². The van der Waals surface area contributed by atoms with E-state index < -0.39 is 12.9 Å². The Hall–Kier alpha value is -3.71. The number of hydrogen-bond donors (Lipinski definition) is 2. The Balaban J connectivity index is -0.00000102. The van der Waals surface area contributed by atoms with Crippen molar-refractivity contribution in [1.29, 1.82) is 0 Å². The number of amides is 5. The van der Waals surface area contributed by atoms with E-state index in [-0.39, 0.29) is 30.4 Å². The molecule has 85 heavy (non-hydrogen) atoms. The SMILES string of the molecule is CC(C)OCCCC/C=C/C(=O)N1CCCCC1.CC(C)OCCCCCCC(=O)N1CCOCC1.CCC.COCCNC(=O)/C=C/CCCCOC(C)C.O=C(CCCCCCO)N1CCCC1.[2H]C([2H])([2H])N(C)C(=O)/C=C/CCCCOC(C)C. The van der Waals surface area contributed by atoms with Crippen molar-refractivity contribution in [3.05, 3.63) is 36.5 Å². The van der Waals surface area contributed by atoms with Gasteiger partial charge in [0.1, 0.15) is 0 Å². The van der Waals surface area contributed by atoms with Gasteiger partial charge in [-0.25, -0.2) is 0 Å². The molecule has 5 amide bonds. The number of carbonyl (C=O) groups is 5. The highest BCUT2D eigenvalue weighted by Crippen LogP contribution is 2.13. The number of unbranched alkanes of at least 4 members (excludes halogenated alkanes) is 12. The van der Waals surface area contributed by atoms with E-state index in [0.717, 1.165) is 186 Å². The first kappa shape index (κ1) is 79.3. The van der Waals surface area contributed by atoms with E-state index in [0.29, 0.717) is 70.0 Å². The lowest BCUT2D eigenvalue weighted by atomic mass is 10.1. The minimum Gasteiger partial charge on any atom is -0.396 e. The van der Waals surface area contributed by atoms with Crippen molar-refractivity contribution in [1.82, 2.24) is 24.9 Å². The summed E-state index contributed by atoms with van der Waals surface area (Å²) in [6.07, 6.45) is 37.1. The Labute approximate surface area is 524 Å². The quantitative estimate of drug-likeness (QED) is 0.0441. The second-order valence-corrected chi connectivity index (χ2v) is 22.8. The number of hydrogen-bond acceptors (Lipinski definition) is 12. The maximum Gasteiger partial charge on any atom is 0.246 e. The molecule has 0 saturated carbocycles. The summed E-state index contributed by atoms with van der Waals surface area (Å²) in [5.41, 5.74) is 0. The lowest BCUT2D eigenvalue weighted by molar-refractivity contribution is -0.135. The molecule has 3 heterocycles. The fourth-order valence-corrected chi connectivity index (χ4v) is 8.16. The second-order valence-electron chi connectivity index (χ2n) is 22.8. The van der Waals surface area contributed by atoms with Gasteiger partial charge in [0.15, 0.2) is 0 Å². The van der Waals surface area contributed by atoms with Crippen LogP contribution in [0.1, 0.15) is 234 Å². The standard InChI is InChI=1S/C15H27NO2.C14H27NO3.C13H25NO3.C12H23NO2.C11H21NO2.C3H8/c1-14(2)18-13-9-4-3-6-10-15(17)16-11-7-5-8-12-16;1-13(2)18-10-6-4-3-5-7-14(16)15-8-11-17-12-9-15;1-12(2)17-10-7-5-4-6-8-13(15)14-9-11-16-3;1-11(2)15-10-8-6-5-7-9-12(14)13(3)4;13-10-6-2-1-3-7-11(14)12-8-4-5-9-12;1-3-2/h6,10,14H,3-5,7-9,11-13H2,1-2H3;13H,3-12H2,1-2H3;6,8,12H,4-5,7,9-11H2,1-3H3,(H,14,15);7,9,11H,5-6,8,10H2,1-4H3;13H,1-10H2;3H2,1-2H3/b10-6+;;8-6+;9-7+;;/i;;;3D3;;. The minimum absolute atomic E-state index is 0.0551. The van der Waals surface area contributed by atoms with Crippen LogP contribution in [0, 0.1) is 0 Å². The van der Waals surface area contributed by atoms with E-state index in [1.807, 2.05) is 54.5 Å². The van der Waals surface area contributed by atoms with Crippen LogP contribution in [-0.2, 0) is 52.4 Å². The topological polar surface area (TPSA) is 186 Å². The molecule has 0 aromatic heterocycles. The number of rotatable bonds is 38. The number of ether oxygens (including phenoxy) is 6. The van der Waals surface area contributed by atoms with Gasteiger partial charge in [0.05, 0.1) is 44.2 Å². The molecular weight excluding hydrogens is 1080 g/mol. The fraction of sp³-hybridized carbons (Fsp3) is 0.838. The van der Waals surface area contributed by atoms with Crippen molar-refractivity contribution in [3.63, 3.8) is 0 Å². The highest BCUT2D eigenvalue weighted by Gasteiger charge is 2.18. The molecule has 17 heteroatoms. The third-order valence-electron chi connectivity index (χ3n) is 12.9. The number of morpholine rings is 1. The molecule has 3 rings (SSSR count). The monoisotopic (exact) mass is 1210 g/mol. The molecule has 2 N–H and O–H groups in total. The second kappa shape index (κ2) is 64.8. The van der Waals surface area contributed by atoms with Crippen LogP contribution in [0.3, 0.4) is 0 Å². The molecule has 3 saturated heterocycles. The first-order chi connectivity index (χ1) is 42.1. The minimum atomic E-state index is -2.37. The zero-order chi connectivity index (χ0) is 66.5. The molecule has 0 spiro atoms. The number of methoxy groups -OCH3 is 1. The van der Waals surface area contributed by atoms with E-state index >= 15 is 0 Å². The van der Waals surface area contributed by atoms with Gasteiger partial charge in [-0.15, -0.1) is 0 Å². The number of likely N-dealkylation sites (N-methyl/N-ethyl adjacent to an activating group) is 1. The van der Waals surface area contributed by atoms with E-state index in [1.165, 1.54) is 38.8 Å². The van der Waals surface area contributed by atoms with Gasteiger partial charge in [0.2, 0.25) is 29.5 Å². The summed E-state index contributed by atoms with van der Waals surface area (Å²) in [4.78, 5) is 64.4. The van der Waals surface area contributed by atoms with Crippen LogP contribution >= 0.6 is 0 Å². The zero-order valence-electron chi connectivity index (χ0n) is 59.3. The Kier molecular flexibility index (Phi) is 60.4. The van der Waals surface area contributed by atoms with Crippen LogP contribution in [-0.4, -0.2) is 198 Å². The Morgan fingerprint density at radius 2 is 0.918 bits per heavy atom. The predicted octanol–water partition coefficient (Wildman–Crippen LogP) is 12.5. The van der Waals surface area contributed by atoms with E-state index in [1.54, 1.807) is 25.3 Å². The summed E-state index contributed by atoms with van der Waals surface area (Å²) in [6.45, 7) is 29.4. The average molecular weight is 1210 g/mol. The van der Waals surface area contributed by atoms with Crippen LogP contribution in [0.5, 0.6) is 0 Å². The lowest BCUT2D eigenvalue weighted by Crippen LogP contribution is -2.40. The molecule has 0 atom stereocenters. The summed E-state index contributed by atoms with van der Waals surface area (Å²) >= 11 is 0. The van der Waals surface area contributed by atoms with Crippen molar-refractivity contribution in [2.45, 2.75) is 254 Å². The maximum atomic E-state index is 11.8. The van der Waals surface area contributed by atoms with E-state index in [2.05, 4.69) is 46.9 Å². The van der Waals surface area contributed by atoms with Gasteiger partial charge in [-0.3, -0.25) is 24.0 Å². The molecule has 3 aliphatic heterocycles. The van der Waals surface area contributed by atoms with Crippen LogP contribution in [0.25, 0.3) is 0 Å². The smallest absolute Gasteiger partial charge is 0.246 e. The summed E-state index contributed by atoms with van der Waals surface area (Å²) in [7, 11) is 2.89. The number of likely N-dealkylation sites (tertiary alicyclic amines) is 2. The van der Waals surface area contributed by atoms with Crippen LogP contribution in [0.2, 0.25) is 0 Å². The molecule has 0 aromatic rings. The van der Waals surface area contributed by atoms with Crippen LogP contribution in [0.15, 0.2) is 36.5 Å². The van der Waals surface area contributed by atoms with Crippen LogP contribution in [0.4, 0.5) is 0 Å². The summed E-state index contributed by atoms with van der Waals surface area (Å²) in [5.74, 6) is 0.255. The van der Waals surface area contributed by atoms with Crippen LogP contribution < -0.4 is 5.32 Å². The highest BCUT2D eigenvalue weighted by atomic mass is 16.5. The number of piperidine rings is 1. The molecule has 500 valence electrons.